The number of nitrogens with one attached hydrogen (secondary N) is 2. The van der Waals surface area contributed by atoms with Crippen LogP contribution in [0.3, 0.4) is 0 Å². The Bertz CT molecular complexity index is 1320. The second-order valence-electron chi connectivity index (χ2n) is 6.62. The summed E-state index contributed by atoms with van der Waals surface area (Å²) in [5, 5.41) is 6.08. The lowest BCUT2D eigenvalue weighted by Gasteiger charge is -2.12. The number of halogens is 2. The van der Waals surface area contributed by atoms with Crippen molar-refractivity contribution in [2.75, 3.05) is 17.7 Å². The third kappa shape index (κ3) is 3.54. The Hall–Kier alpha value is -3.95. The number of anilines is 4. The molecule has 0 aliphatic rings. The molecule has 0 aliphatic carbocycles. The van der Waals surface area contributed by atoms with Gasteiger partial charge in [-0.25, -0.2) is 14.2 Å². The van der Waals surface area contributed by atoms with E-state index in [1.807, 2.05) is 0 Å². The highest BCUT2D eigenvalue weighted by molar-refractivity contribution is 5.79. The third-order valence-corrected chi connectivity index (χ3v) is 4.46. The molecule has 0 atom stereocenters. The Morgan fingerprint density at radius 2 is 1.90 bits per heavy atom. The van der Waals surface area contributed by atoms with Gasteiger partial charge in [-0.3, -0.25) is 0 Å². The lowest BCUT2D eigenvalue weighted by atomic mass is 10.2. The summed E-state index contributed by atoms with van der Waals surface area (Å²) in [6, 6.07) is 7.67. The molecule has 30 heavy (non-hydrogen) atoms. The number of hydrogen-bond donors (Lipinski definition) is 2. The van der Waals surface area contributed by atoms with Gasteiger partial charge in [0.05, 0.1) is 7.11 Å². The second kappa shape index (κ2) is 7.47. The molecule has 4 rings (SSSR count). The first-order chi connectivity index (χ1) is 14.4. The fourth-order valence-electron chi connectivity index (χ4n) is 2.92. The van der Waals surface area contributed by atoms with E-state index in [0.717, 1.165) is 5.56 Å². The van der Waals surface area contributed by atoms with Gasteiger partial charge < -0.3 is 19.8 Å². The fraction of sp³-hybridized carbons (Fsp3) is 0.150. The maximum atomic E-state index is 14.0. The van der Waals surface area contributed by atoms with E-state index < -0.39 is 11.6 Å². The standard InChI is InChI=1S/C20H17F2N5O3/c1-10-6-13(8-16(29-3)17(10)21)25-19-23-9-11(2)18(26-19)24-12-4-5-15-14(7-12)27(22)20(28)30-15/h4-9H,1-3H3,(H2,23,24,25,26). The molecular weight excluding hydrogens is 396 g/mol. The second-order valence-corrected chi connectivity index (χ2v) is 6.62. The molecule has 0 saturated heterocycles. The molecule has 0 aliphatic heterocycles. The molecule has 2 heterocycles. The first-order valence-corrected chi connectivity index (χ1v) is 8.89. The van der Waals surface area contributed by atoms with Crippen LogP contribution < -0.4 is 21.1 Å². The van der Waals surface area contributed by atoms with Crippen LogP contribution in [-0.4, -0.2) is 21.9 Å². The highest BCUT2D eigenvalue weighted by atomic mass is 19.2. The van der Waals surface area contributed by atoms with E-state index in [4.69, 9.17) is 9.15 Å². The molecule has 0 radical (unpaired) electrons. The minimum Gasteiger partial charge on any atom is -0.494 e. The lowest BCUT2D eigenvalue weighted by molar-refractivity contribution is 0.331. The molecule has 4 aromatic rings. The summed E-state index contributed by atoms with van der Waals surface area (Å²) < 4.78 is 37.6. The van der Waals surface area contributed by atoms with Crippen molar-refractivity contribution in [1.82, 2.24) is 14.8 Å². The highest BCUT2D eigenvalue weighted by Gasteiger charge is 2.12. The number of ether oxygens (including phenoxy) is 1. The van der Waals surface area contributed by atoms with Gasteiger partial charge in [0.15, 0.2) is 17.1 Å². The Morgan fingerprint density at radius 1 is 1.10 bits per heavy atom. The summed E-state index contributed by atoms with van der Waals surface area (Å²) in [6.07, 6.45) is 1.60. The van der Waals surface area contributed by atoms with E-state index in [-0.39, 0.29) is 27.6 Å². The molecule has 0 bridgehead atoms. The van der Waals surface area contributed by atoms with Crippen molar-refractivity contribution in [2.45, 2.75) is 13.8 Å². The summed E-state index contributed by atoms with van der Waals surface area (Å²) in [5.74, 6) is -0.682. The van der Waals surface area contributed by atoms with Crippen LogP contribution in [0, 0.1) is 19.7 Å². The van der Waals surface area contributed by atoms with Crippen LogP contribution in [0.5, 0.6) is 5.75 Å². The molecule has 2 aromatic carbocycles. The molecule has 0 fully saturated rings. The molecule has 8 nitrogen and oxygen atoms in total. The van der Waals surface area contributed by atoms with Gasteiger partial charge in [0.25, 0.3) is 0 Å². The van der Waals surface area contributed by atoms with Crippen LogP contribution in [0.4, 0.5) is 32.0 Å². The molecule has 0 amide bonds. The van der Waals surface area contributed by atoms with Crippen LogP contribution in [-0.2, 0) is 0 Å². The van der Waals surface area contributed by atoms with Crippen molar-refractivity contribution in [1.29, 1.82) is 0 Å². The van der Waals surface area contributed by atoms with Gasteiger partial charge >= 0.3 is 5.76 Å². The number of nitrogens with zero attached hydrogens (tertiary/aromatic N) is 3. The number of fused-ring (bicyclic) bond motifs is 1. The van der Waals surface area contributed by atoms with Crippen LogP contribution in [0.2, 0.25) is 0 Å². The van der Waals surface area contributed by atoms with Crippen molar-refractivity contribution < 1.29 is 18.0 Å². The van der Waals surface area contributed by atoms with E-state index in [1.54, 1.807) is 32.2 Å². The minimum absolute atomic E-state index is 0.00365. The van der Waals surface area contributed by atoms with Gasteiger partial charge in [-0.05, 0) is 43.7 Å². The molecule has 154 valence electrons. The lowest BCUT2D eigenvalue weighted by Crippen LogP contribution is -2.05. The van der Waals surface area contributed by atoms with Crippen LogP contribution in [0.25, 0.3) is 11.1 Å². The number of hydrogen-bond acceptors (Lipinski definition) is 7. The number of methoxy groups -OCH3 is 1. The predicted molar refractivity (Wildman–Crippen MR) is 108 cm³/mol. The fourth-order valence-corrected chi connectivity index (χ4v) is 2.92. The van der Waals surface area contributed by atoms with Gasteiger partial charge in [-0.2, -0.15) is 4.98 Å². The zero-order valence-electron chi connectivity index (χ0n) is 16.3. The van der Waals surface area contributed by atoms with Gasteiger partial charge in [-0.1, -0.05) is 4.48 Å². The van der Waals surface area contributed by atoms with Crippen LogP contribution >= 0.6 is 0 Å². The van der Waals surface area contributed by atoms with Crippen molar-refractivity contribution >= 4 is 34.2 Å². The van der Waals surface area contributed by atoms with E-state index in [1.165, 1.54) is 25.3 Å². The van der Waals surface area contributed by atoms with Gasteiger partial charge in [0, 0.05) is 29.2 Å². The normalized spacial score (nSPS) is 11.0. The Morgan fingerprint density at radius 3 is 2.67 bits per heavy atom. The van der Waals surface area contributed by atoms with E-state index in [9.17, 15) is 13.7 Å². The summed E-state index contributed by atoms with van der Waals surface area (Å²) >= 11 is 0. The molecule has 0 saturated carbocycles. The van der Waals surface area contributed by atoms with Crippen molar-refractivity contribution in [3.63, 3.8) is 0 Å². The number of oxazole rings is 1. The summed E-state index contributed by atoms with van der Waals surface area (Å²) in [6.45, 7) is 3.43. The number of aryl methyl sites for hydroxylation is 2. The van der Waals surface area contributed by atoms with Gasteiger partial charge in [0.1, 0.15) is 11.3 Å². The topological polar surface area (TPSA) is 94.2 Å². The maximum absolute atomic E-state index is 14.0. The number of aromatic nitrogens is 3. The first-order valence-electron chi connectivity index (χ1n) is 8.89. The smallest absolute Gasteiger partial charge is 0.448 e. The number of benzene rings is 2. The first kappa shape index (κ1) is 19.4. The molecule has 2 N–H and O–H groups in total. The average Bonchev–Trinajstić information content (AvgIpc) is 3.01. The van der Waals surface area contributed by atoms with Gasteiger partial charge in [-0.15, -0.1) is 4.79 Å². The Balaban J connectivity index is 1.63. The SMILES string of the molecule is COc1cc(Nc2ncc(C)c(Nc3ccc4oc(=O)n(F)c4c3)n2)cc(C)c1F. The molecule has 0 unspecified atom stereocenters. The molecule has 0 spiro atoms. The van der Waals surface area contributed by atoms with E-state index >= 15 is 0 Å². The van der Waals surface area contributed by atoms with Crippen molar-refractivity contribution in [3.05, 3.63) is 64.0 Å². The largest absolute Gasteiger partial charge is 0.494 e. The van der Waals surface area contributed by atoms with Crippen LogP contribution in [0.1, 0.15) is 11.1 Å². The Labute approximate surface area is 169 Å². The summed E-state index contributed by atoms with van der Waals surface area (Å²) in [7, 11) is 1.39. The molecule has 2 aromatic heterocycles. The summed E-state index contributed by atoms with van der Waals surface area (Å²) in [5.41, 5.74) is 2.34. The number of rotatable bonds is 5. The average molecular weight is 413 g/mol. The minimum atomic E-state index is -1.09. The maximum Gasteiger partial charge on any atom is 0.448 e. The third-order valence-electron chi connectivity index (χ3n) is 4.46. The van der Waals surface area contributed by atoms with Gasteiger partial charge in [0.2, 0.25) is 5.95 Å². The summed E-state index contributed by atoms with van der Waals surface area (Å²) in [4.78, 5) is 19.9. The highest BCUT2D eigenvalue weighted by Crippen LogP contribution is 2.28. The van der Waals surface area contributed by atoms with Crippen molar-refractivity contribution in [3.8, 4) is 5.75 Å². The molecular formula is C20H17F2N5O3. The quantitative estimate of drug-likeness (QED) is 0.502. The van der Waals surface area contributed by atoms with E-state index in [2.05, 4.69) is 20.6 Å². The molecule has 10 heteroatoms. The van der Waals surface area contributed by atoms with Crippen LogP contribution in [0.15, 0.2) is 45.7 Å². The zero-order chi connectivity index (χ0) is 21.4. The monoisotopic (exact) mass is 413 g/mol. The zero-order valence-corrected chi connectivity index (χ0v) is 16.3. The predicted octanol–water partition coefficient (Wildman–Crippen LogP) is 4.37. The van der Waals surface area contributed by atoms with Crippen molar-refractivity contribution in [2.24, 2.45) is 0 Å². The van der Waals surface area contributed by atoms with E-state index in [0.29, 0.717) is 22.8 Å². The Kier molecular flexibility index (Phi) is 4.82.